The summed E-state index contributed by atoms with van der Waals surface area (Å²) in [5, 5.41) is 14.7. The molecular formula is C25H40N4O2S. The minimum absolute atomic E-state index is 0.172. The summed E-state index contributed by atoms with van der Waals surface area (Å²) in [6.07, 6.45) is 15.7. The minimum Gasteiger partial charge on any atom is -0.469 e. The van der Waals surface area contributed by atoms with Gasteiger partial charge in [0.2, 0.25) is 0 Å². The van der Waals surface area contributed by atoms with E-state index in [1.807, 2.05) is 0 Å². The maximum Gasteiger partial charge on any atom is 0.306 e. The van der Waals surface area contributed by atoms with Crippen LogP contribution in [0.1, 0.15) is 99.8 Å². The number of aromatic amines is 1. The molecule has 0 radical (unpaired) electrons. The quantitative estimate of drug-likeness (QED) is 0.209. The van der Waals surface area contributed by atoms with Gasteiger partial charge in [0.1, 0.15) is 0 Å². The predicted molar refractivity (Wildman–Crippen MR) is 132 cm³/mol. The van der Waals surface area contributed by atoms with Gasteiger partial charge < -0.3 is 4.74 Å². The van der Waals surface area contributed by atoms with E-state index in [-0.39, 0.29) is 11.2 Å². The number of nitrogens with one attached hydrogen (secondary N) is 1. The van der Waals surface area contributed by atoms with Gasteiger partial charge in [-0.3, -0.25) is 4.79 Å². The number of carbonyl (C=O) groups is 1. The number of rotatable bonds is 18. The molecule has 0 saturated carbocycles. The van der Waals surface area contributed by atoms with Crippen molar-refractivity contribution in [1.82, 2.24) is 20.6 Å². The first-order valence-electron chi connectivity index (χ1n) is 12.2. The number of carbonyl (C=O) groups excluding carboxylic acids is 1. The molecule has 0 aliphatic rings. The molecule has 178 valence electrons. The molecule has 1 unspecified atom stereocenters. The van der Waals surface area contributed by atoms with Gasteiger partial charge in [0, 0.05) is 17.4 Å². The monoisotopic (exact) mass is 460 g/mol. The molecule has 7 heteroatoms. The third-order valence-electron chi connectivity index (χ3n) is 5.81. The van der Waals surface area contributed by atoms with Crippen LogP contribution in [0.3, 0.4) is 0 Å². The molecule has 32 heavy (non-hydrogen) atoms. The Morgan fingerprint density at radius 3 is 2.38 bits per heavy atom. The van der Waals surface area contributed by atoms with Crippen molar-refractivity contribution in [2.45, 2.75) is 95.6 Å². The van der Waals surface area contributed by atoms with Crippen molar-refractivity contribution in [3.63, 3.8) is 0 Å². The van der Waals surface area contributed by atoms with E-state index < -0.39 is 0 Å². The standard InChI is InChI=1S/C25H40N4O2S/c1-3-4-5-6-7-8-9-10-11-12-15-21-16-13-14-17-22(21)23(20-24-26-28-29-27-24)32-19-18-25(30)31-2/h13-14,16-17,23H,3-12,15,18-20H2,1-2H3,(H,26,27,28,29). The van der Waals surface area contributed by atoms with Crippen LogP contribution in [-0.4, -0.2) is 39.5 Å². The highest BCUT2D eigenvalue weighted by molar-refractivity contribution is 7.99. The fraction of sp³-hybridized carbons (Fsp3) is 0.680. The summed E-state index contributed by atoms with van der Waals surface area (Å²) in [5.41, 5.74) is 2.72. The molecule has 2 aromatic rings. The first-order chi connectivity index (χ1) is 15.7. The van der Waals surface area contributed by atoms with Crippen molar-refractivity contribution in [2.75, 3.05) is 12.9 Å². The summed E-state index contributed by atoms with van der Waals surface area (Å²) < 4.78 is 4.79. The number of esters is 1. The van der Waals surface area contributed by atoms with Gasteiger partial charge in [-0.2, -0.15) is 17.0 Å². The summed E-state index contributed by atoms with van der Waals surface area (Å²) >= 11 is 1.77. The van der Waals surface area contributed by atoms with Crippen LogP contribution in [0.15, 0.2) is 24.3 Å². The van der Waals surface area contributed by atoms with Gasteiger partial charge in [-0.25, -0.2) is 0 Å². The van der Waals surface area contributed by atoms with Crippen molar-refractivity contribution in [3.05, 3.63) is 41.2 Å². The number of methoxy groups -OCH3 is 1. The molecule has 6 nitrogen and oxygen atoms in total. The molecule has 0 aliphatic heterocycles. The highest BCUT2D eigenvalue weighted by Gasteiger charge is 2.19. The minimum atomic E-state index is -0.172. The second kappa shape index (κ2) is 16.7. The first kappa shape index (κ1) is 26.4. The zero-order chi connectivity index (χ0) is 22.9. The van der Waals surface area contributed by atoms with E-state index in [0.29, 0.717) is 24.4 Å². The SMILES string of the molecule is CCCCCCCCCCCCc1ccccc1C(Cc1nn[nH]n1)SCCC(=O)OC. The van der Waals surface area contributed by atoms with Crippen LogP contribution in [-0.2, 0) is 22.4 Å². The average molecular weight is 461 g/mol. The predicted octanol–water partition coefficient (Wildman–Crippen LogP) is 6.24. The van der Waals surface area contributed by atoms with Crippen LogP contribution in [0, 0.1) is 0 Å². The molecule has 0 bridgehead atoms. The lowest BCUT2D eigenvalue weighted by atomic mass is 9.97. The molecule has 0 spiro atoms. The summed E-state index contributed by atoms with van der Waals surface area (Å²) in [4.78, 5) is 11.6. The van der Waals surface area contributed by atoms with Crippen molar-refractivity contribution in [2.24, 2.45) is 0 Å². The Morgan fingerprint density at radius 1 is 1.03 bits per heavy atom. The van der Waals surface area contributed by atoms with Crippen LogP contribution in [0.25, 0.3) is 0 Å². The van der Waals surface area contributed by atoms with Crippen LogP contribution < -0.4 is 0 Å². The molecule has 2 rings (SSSR count). The van der Waals surface area contributed by atoms with Crippen LogP contribution >= 0.6 is 11.8 Å². The van der Waals surface area contributed by atoms with Crippen molar-refractivity contribution in [1.29, 1.82) is 0 Å². The Hall–Kier alpha value is -1.89. The number of nitrogens with zero attached hydrogens (tertiary/aromatic N) is 3. The highest BCUT2D eigenvalue weighted by Crippen LogP contribution is 2.34. The Kier molecular flexibility index (Phi) is 13.8. The molecule has 1 heterocycles. The van der Waals surface area contributed by atoms with Crippen molar-refractivity contribution < 1.29 is 9.53 Å². The fourth-order valence-corrected chi connectivity index (χ4v) is 5.20. The normalized spacial score (nSPS) is 12.1. The maximum atomic E-state index is 11.6. The molecule has 0 amide bonds. The number of hydrogen-bond acceptors (Lipinski definition) is 6. The van der Waals surface area contributed by atoms with Gasteiger partial charge in [0.25, 0.3) is 0 Å². The number of H-pyrrole nitrogens is 1. The summed E-state index contributed by atoms with van der Waals surface area (Å²) in [5.74, 6) is 1.24. The van der Waals surface area contributed by atoms with Gasteiger partial charge in [-0.1, -0.05) is 94.2 Å². The van der Waals surface area contributed by atoms with Crippen molar-refractivity contribution >= 4 is 17.7 Å². The lowest BCUT2D eigenvalue weighted by Crippen LogP contribution is -2.08. The zero-order valence-electron chi connectivity index (χ0n) is 19.9. The van der Waals surface area contributed by atoms with Crippen molar-refractivity contribution in [3.8, 4) is 0 Å². The summed E-state index contributed by atoms with van der Waals surface area (Å²) in [6, 6.07) is 8.68. The number of benzene rings is 1. The molecule has 1 atom stereocenters. The van der Waals surface area contributed by atoms with E-state index >= 15 is 0 Å². The van der Waals surface area contributed by atoms with Gasteiger partial charge in [-0.05, 0) is 24.0 Å². The summed E-state index contributed by atoms with van der Waals surface area (Å²) in [7, 11) is 1.44. The third-order valence-corrected chi connectivity index (χ3v) is 7.07. The van der Waals surface area contributed by atoms with Gasteiger partial charge in [0.05, 0.1) is 13.5 Å². The average Bonchev–Trinajstić information content (AvgIpc) is 3.33. The second-order valence-corrected chi connectivity index (χ2v) is 9.66. The number of ether oxygens (including phenoxy) is 1. The maximum absolute atomic E-state index is 11.6. The number of aryl methyl sites for hydroxylation is 1. The number of hydrogen-bond donors (Lipinski definition) is 1. The molecule has 1 aromatic heterocycles. The molecule has 0 saturated heterocycles. The number of aromatic nitrogens is 4. The van der Waals surface area contributed by atoms with E-state index in [2.05, 4.69) is 51.8 Å². The molecule has 1 N–H and O–H groups in total. The van der Waals surface area contributed by atoms with E-state index in [1.54, 1.807) is 11.8 Å². The molecule has 1 aromatic carbocycles. The Morgan fingerprint density at radius 2 is 1.72 bits per heavy atom. The van der Waals surface area contributed by atoms with E-state index in [4.69, 9.17) is 4.74 Å². The van der Waals surface area contributed by atoms with E-state index in [0.717, 1.165) is 6.42 Å². The Labute approximate surface area is 197 Å². The molecular weight excluding hydrogens is 420 g/mol. The van der Waals surface area contributed by atoms with E-state index in [9.17, 15) is 4.79 Å². The van der Waals surface area contributed by atoms with Crippen LogP contribution in [0.2, 0.25) is 0 Å². The van der Waals surface area contributed by atoms with E-state index in [1.165, 1.54) is 82.4 Å². The van der Waals surface area contributed by atoms with Gasteiger partial charge >= 0.3 is 5.97 Å². The number of unbranched alkanes of at least 4 members (excludes halogenated alkanes) is 9. The second-order valence-electron chi connectivity index (χ2n) is 8.35. The Balaban J connectivity index is 1.83. The van der Waals surface area contributed by atoms with Gasteiger partial charge in [-0.15, -0.1) is 10.2 Å². The lowest BCUT2D eigenvalue weighted by Gasteiger charge is -2.19. The zero-order valence-corrected chi connectivity index (χ0v) is 20.7. The fourth-order valence-electron chi connectivity index (χ4n) is 3.96. The lowest BCUT2D eigenvalue weighted by molar-refractivity contribution is -0.140. The third kappa shape index (κ3) is 10.6. The topological polar surface area (TPSA) is 80.8 Å². The van der Waals surface area contributed by atoms with Crippen LogP contribution in [0.5, 0.6) is 0 Å². The Bertz CT molecular complexity index is 739. The first-order valence-corrected chi connectivity index (χ1v) is 13.3. The number of tetrazole rings is 1. The molecule has 0 aliphatic carbocycles. The number of thioether (sulfide) groups is 1. The molecule has 0 fully saturated rings. The van der Waals surface area contributed by atoms with Crippen LogP contribution in [0.4, 0.5) is 0 Å². The van der Waals surface area contributed by atoms with Gasteiger partial charge in [0.15, 0.2) is 5.82 Å². The largest absolute Gasteiger partial charge is 0.469 e. The summed E-state index contributed by atoms with van der Waals surface area (Å²) in [6.45, 7) is 2.27. The highest BCUT2D eigenvalue weighted by atomic mass is 32.2. The smallest absolute Gasteiger partial charge is 0.306 e.